The van der Waals surface area contributed by atoms with Gasteiger partial charge >= 0.3 is 0 Å². The van der Waals surface area contributed by atoms with Crippen molar-refractivity contribution in [3.8, 4) is 18.1 Å². The predicted octanol–water partition coefficient (Wildman–Crippen LogP) is 5.26. The van der Waals surface area contributed by atoms with Gasteiger partial charge in [-0.3, -0.25) is 0 Å². The van der Waals surface area contributed by atoms with Gasteiger partial charge in [0, 0.05) is 17.0 Å². The zero-order valence-corrected chi connectivity index (χ0v) is 13.1. The second kappa shape index (κ2) is 7.46. The van der Waals surface area contributed by atoms with Crippen molar-refractivity contribution in [3.05, 3.63) is 27.8 Å². The van der Waals surface area contributed by atoms with Crippen LogP contribution in [0.3, 0.4) is 0 Å². The van der Waals surface area contributed by atoms with E-state index in [1.807, 2.05) is 19.9 Å². The SMILES string of the molecule is C#CCC(CCC)c1c(C)c(Cl)cc(C)c1OCC. The van der Waals surface area contributed by atoms with E-state index in [0.29, 0.717) is 12.5 Å². The van der Waals surface area contributed by atoms with Crippen molar-refractivity contribution in [2.75, 3.05) is 6.61 Å². The summed E-state index contributed by atoms with van der Waals surface area (Å²) in [5.41, 5.74) is 3.39. The summed E-state index contributed by atoms with van der Waals surface area (Å²) in [6.45, 7) is 8.93. The molecule has 1 aromatic carbocycles. The molecule has 0 bridgehead atoms. The van der Waals surface area contributed by atoms with Crippen LogP contribution in [0.15, 0.2) is 6.07 Å². The standard InChI is InChI=1S/C17H23ClO/c1-6-9-14(10-7-2)16-13(5)15(18)11-12(4)17(16)19-8-3/h1,11,14H,7-10H2,2-5H3. The monoisotopic (exact) mass is 278 g/mol. The largest absolute Gasteiger partial charge is 0.493 e. The maximum Gasteiger partial charge on any atom is 0.126 e. The van der Waals surface area contributed by atoms with Crippen LogP contribution < -0.4 is 4.74 Å². The Balaban J connectivity index is 3.39. The third kappa shape index (κ3) is 3.67. The Labute approximate surface area is 122 Å². The smallest absolute Gasteiger partial charge is 0.126 e. The van der Waals surface area contributed by atoms with E-state index in [9.17, 15) is 0 Å². The highest BCUT2D eigenvalue weighted by molar-refractivity contribution is 6.31. The van der Waals surface area contributed by atoms with E-state index in [0.717, 1.165) is 41.2 Å². The van der Waals surface area contributed by atoms with Gasteiger partial charge in [0.25, 0.3) is 0 Å². The summed E-state index contributed by atoms with van der Waals surface area (Å²) in [7, 11) is 0. The Hall–Kier alpha value is -1.13. The summed E-state index contributed by atoms with van der Waals surface area (Å²) in [6, 6.07) is 1.98. The van der Waals surface area contributed by atoms with Gasteiger partial charge in [0.2, 0.25) is 0 Å². The van der Waals surface area contributed by atoms with Crippen molar-refractivity contribution in [3.63, 3.8) is 0 Å². The zero-order chi connectivity index (χ0) is 14.4. The molecule has 0 saturated carbocycles. The fourth-order valence-corrected chi connectivity index (χ4v) is 2.81. The molecule has 104 valence electrons. The lowest BCUT2D eigenvalue weighted by Crippen LogP contribution is -2.07. The Morgan fingerprint density at radius 2 is 2.05 bits per heavy atom. The quantitative estimate of drug-likeness (QED) is 0.645. The number of benzene rings is 1. The Kier molecular flexibility index (Phi) is 6.25. The lowest BCUT2D eigenvalue weighted by molar-refractivity contribution is 0.330. The second-order valence-corrected chi connectivity index (χ2v) is 5.28. The van der Waals surface area contributed by atoms with Gasteiger partial charge < -0.3 is 4.74 Å². The molecule has 0 N–H and O–H groups in total. The molecule has 1 aromatic rings. The molecule has 0 aliphatic heterocycles. The van der Waals surface area contributed by atoms with Crippen LogP contribution in [0.1, 0.15) is 55.7 Å². The van der Waals surface area contributed by atoms with Crippen LogP contribution in [0.25, 0.3) is 0 Å². The first-order valence-electron chi connectivity index (χ1n) is 6.92. The molecular weight excluding hydrogens is 256 g/mol. The third-order valence-electron chi connectivity index (χ3n) is 3.41. The Bertz CT molecular complexity index is 471. The molecule has 2 heteroatoms. The lowest BCUT2D eigenvalue weighted by atomic mass is 9.86. The molecule has 0 aliphatic rings. The van der Waals surface area contributed by atoms with E-state index in [-0.39, 0.29) is 0 Å². The highest BCUT2D eigenvalue weighted by Gasteiger charge is 2.21. The van der Waals surface area contributed by atoms with Gasteiger partial charge in [-0.1, -0.05) is 24.9 Å². The average molecular weight is 279 g/mol. The minimum atomic E-state index is 0.328. The van der Waals surface area contributed by atoms with Crippen LogP contribution in [-0.4, -0.2) is 6.61 Å². The minimum Gasteiger partial charge on any atom is -0.493 e. The van der Waals surface area contributed by atoms with Crippen molar-refractivity contribution >= 4 is 11.6 Å². The minimum absolute atomic E-state index is 0.328. The van der Waals surface area contributed by atoms with Gasteiger partial charge in [0.1, 0.15) is 5.75 Å². The van der Waals surface area contributed by atoms with Crippen LogP contribution in [-0.2, 0) is 0 Å². The van der Waals surface area contributed by atoms with Gasteiger partial charge in [0.05, 0.1) is 6.61 Å². The van der Waals surface area contributed by atoms with E-state index in [1.165, 1.54) is 5.56 Å². The van der Waals surface area contributed by atoms with Crippen LogP contribution in [0.4, 0.5) is 0 Å². The van der Waals surface area contributed by atoms with Gasteiger partial charge in [0.15, 0.2) is 0 Å². The first-order chi connectivity index (χ1) is 9.06. The van der Waals surface area contributed by atoms with E-state index in [4.69, 9.17) is 22.8 Å². The predicted molar refractivity (Wildman–Crippen MR) is 83.2 cm³/mol. The molecule has 1 rings (SSSR count). The van der Waals surface area contributed by atoms with Crippen LogP contribution in [0.5, 0.6) is 5.75 Å². The van der Waals surface area contributed by atoms with Crippen molar-refractivity contribution in [1.82, 2.24) is 0 Å². The van der Waals surface area contributed by atoms with Crippen LogP contribution >= 0.6 is 11.6 Å². The number of hydrogen-bond acceptors (Lipinski definition) is 1. The summed E-state index contributed by atoms with van der Waals surface area (Å²) >= 11 is 6.33. The number of halogens is 1. The van der Waals surface area contributed by atoms with E-state index < -0.39 is 0 Å². The van der Waals surface area contributed by atoms with Crippen molar-refractivity contribution in [2.45, 2.75) is 52.9 Å². The fraction of sp³-hybridized carbons (Fsp3) is 0.529. The van der Waals surface area contributed by atoms with E-state index in [1.54, 1.807) is 0 Å². The van der Waals surface area contributed by atoms with Gasteiger partial charge in [-0.2, -0.15) is 0 Å². The summed E-state index contributed by atoms with van der Waals surface area (Å²) in [4.78, 5) is 0. The van der Waals surface area contributed by atoms with Crippen molar-refractivity contribution in [1.29, 1.82) is 0 Å². The molecule has 1 atom stereocenters. The number of hydrogen-bond donors (Lipinski definition) is 0. The van der Waals surface area contributed by atoms with Crippen molar-refractivity contribution < 1.29 is 4.74 Å². The van der Waals surface area contributed by atoms with Crippen LogP contribution in [0, 0.1) is 26.2 Å². The molecule has 0 aromatic heterocycles. The average Bonchev–Trinajstić information content (AvgIpc) is 2.36. The zero-order valence-electron chi connectivity index (χ0n) is 12.3. The molecule has 0 heterocycles. The van der Waals surface area contributed by atoms with E-state index >= 15 is 0 Å². The molecule has 0 radical (unpaired) electrons. The van der Waals surface area contributed by atoms with Crippen molar-refractivity contribution in [2.24, 2.45) is 0 Å². The summed E-state index contributed by atoms with van der Waals surface area (Å²) in [6.07, 6.45) is 8.41. The maximum atomic E-state index is 6.33. The topological polar surface area (TPSA) is 9.23 Å². The van der Waals surface area contributed by atoms with Gasteiger partial charge in [-0.25, -0.2) is 0 Å². The number of ether oxygens (including phenoxy) is 1. The summed E-state index contributed by atoms with van der Waals surface area (Å²) < 4.78 is 5.85. The first kappa shape index (κ1) is 15.9. The molecule has 0 fully saturated rings. The second-order valence-electron chi connectivity index (χ2n) is 4.87. The number of rotatable bonds is 6. The molecular formula is C17H23ClO. The van der Waals surface area contributed by atoms with Crippen LogP contribution in [0.2, 0.25) is 5.02 Å². The Morgan fingerprint density at radius 3 is 2.58 bits per heavy atom. The molecule has 0 amide bonds. The number of aryl methyl sites for hydroxylation is 1. The van der Waals surface area contributed by atoms with Gasteiger partial charge in [-0.05, 0) is 50.3 Å². The highest BCUT2D eigenvalue weighted by atomic mass is 35.5. The highest BCUT2D eigenvalue weighted by Crippen LogP contribution is 2.40. The molecule has 0 saturated heterocycles. The molecule has 19 heavy (non-hydrogen) atoms. The summed E-state index contributed by atoms with van der Waals surface area (Å²) in [5, 5.41) is 0.800. The molecule has 0 spiro atoms. The molecule has 1 unspecified atom stereocenters. The first-order valence-corrected chi connectivity index (χ1v) is 7.30. The maximum absolute atomic E-state index is 6.33. The number of terminal acetylenes is 1. The molecule has 1 nitrogen and oxygen atoms in total. The third-order valence-corrected chi connectivity index (χ3v) is 3.80. The van der Waals surface area contributed by atoms with E-state index in [2.05, 4.69) is 19.8 Å². The molecule has 0 aliphatic carbocycles. The fourth-order valence-electron chi connectivity index (χ4n) is 2.54. The van der Waals surface area contributed by atoms with Gasteiger partial charge in [-0.15, -0.1) is 12.3 Å². The lowest BCUT2D eigenvalue weighted by Gasteiger charge is -2.23. The summed E-state index contributed by atoms with van der Waals surface area (Å²) in [5.74, 6) is 4.09. The normalized spacial score (nSPS) is 12.0. The Morgan fingerprint density at radius 1 is 1.37 bits per heavy atom.